The van der Waals surface area contributed by atoms with Gasteiger partial charge in [0, 0.05) is 24.2 Å². The first-order valence-corrected chi connectivity index (χ1v) is 10.1. The lowest BCUT2D eigenvalue weighted by Crippen LogP contribution is -2.49. The van der Waals surface area contributed by atoms with Gasteiger partial charge in [-0.15, -0.1) is 0 Å². The fourth-order valence-electron chi connectivity index (χ4n) is 3.47. The highest BCUT2D eigenvalue weighted by Gasteiger charge is 2.32. The van der Waals surface area contributed by atoms with Gasteiger partial charge in [-0.2, -0.15) is 0 Å². The molecule has 9 heteroatoms. The number of benzene rings is 1. The first kappa shape index (κ1) is 20.8. The maximum Gasteiger partial charge on any atom is 0.307 e. The SMILES string of the molecule is CCOC(=O)CC1COCCN1C(=O)c1cc(COc2cccc3cccnc23)on1. The maximum atomic E-state index is 13.0. The van der Waals surface area contributed by atoms with Crippen LogP contribution in [0.1, 0.15) is 29.6 Å². The molecular formula is C22H23N3O6. The van der Waals surface area contributed by atoms with Crippen molar-refractivity contribution in [2.45, 2.75) is 26.0 Å². The summed E-state index contributed by atoms with van der Waals surface area (Å²) in [6, 6.07) is 10.6. The summed E-state index contributed by atoms with van der Waals surface area (Å²) in [5.74, 6) is 0.338. The van der Waals surface area contributed by atoms with Crippen LogP contribution in [0, 0.1) is 0 Å². The molecule has 3 aromatic rings. The van der Waals surface area contributed by atoms with Gasteiger partial charge in [0.15, 0.2) is 11.5 Å². The van der Waals surface area contributed by atoms with Gasteiger partial charge in [0.25, 0.3) is 5.91 Å². The molecule has 2 aromatic heterocycles. The second-order valence-electron chi connectivity index (χ2n) is 7.03. The first-order chi connectivity index (χ1) is 15.2. The van der Waals surface area contributed by atoms with Crippen molar-refractivity contribution in [2.75, 3.05) is 26.4 Å². The summed E-state index contributed by atoms with van der Waals surface area (Å²) in [7, 11) is 0. The van der Waals surface area contributed by atoms with Gasteiger partial charge in [-0.05, 0) is 19.1 Å². The number of carbonyl (C=O) groups is 2. The van der Waals surface area contributed by atoms with Gasteiger partial charge in [0.1, 0.15) is 17.9 Å². The number of pyridine rings is 1. The van der Waals surface area contributed by atoms with E-state index in [-0.39, 0.29) is 37.2 Å². The van der Waals surface area contributed by atoms with E-state index in [9.17, 15) is 9.59 Å². The summed E-state index contributed by atoms with van der Waals surface area (Å²) in [6.45, 7) is 3.17. The zero-order valence-electron chi connectivity index (χ0n) is 17.2. The number of fused-ring (bicyclic) bond motifs is 1. The highest BCUT2D eigenvalue weighted by atomic mass is 16.5. The van der Waals surface area contributed by atoms with E-state index in [1.54, 1.807) is 24.1 Å². The number of ether oxygens (including phenoxy) is 3. The minimum Gasteiger partial charge on any atom is -0.483 e. The number of rotatable bonds is 7. The molecule has 0 saturated carbocycles. The third-order valence-electron chi connectivity index (χ3n) is 4.94. The minimum atomic E-state index is -0.404. The molecule has 4 rings (SSSR count). The Balaban J connectivity index is 1.42. The van der Waals surface area contributed by atoms with E-state index in [2.05, 4.69) is 10.1 Å². The Labute approximate surface area is 178 Å². The molecule has 0 radical (unpaired) electrons. The topological polar surface area (TPSA) is 104 Å². The molecule has 0 aliphatic carbocycles. The standard InChI is InChI=1S/C22H23N3O6/c1-2-29-20(26)11-16-13-28-10-9-25(16)22(27)18-12-17(31-24-18)14-30-19-7-3-5-15-6-4-8-23-21(15)19/h3-8,12,16H,2,9-11,13-14H2,1H3. The van der Waals surface area contributed by atoms with Crippen LogP contribution < -0.4 is 4.74 Å². The van der Waals surface area contributed by atoms with Gasteiger partial charge in [0.05, 0.1) is 32.3 Å². The number of hydrogen-bond donors (Lipinski definition) is 0. The predicted octanol–water partition coefficient (Wildman–Crippen LogP) is 2.60. The van der Waals surface area contributed by atoms with Crippen LogP contribution in [-0.4, -0.2) is 59.3 Å². The van der Waals surface area contributed by atoms with Crippen LogP contribution in [0.25, 0.3) is 10.9 Å². The molecule has 1 aliphatic heterocycles. The van der Waals surface area contributed by atoms with E-state index in [0.29, 0.717) is 31.3 Å². The van der Waals surface area contributed by atoms with E-state index in [0.717, 1.165) is 10.9 Å². The summed E-state index contributed by atoms with van der Waals surface area (Å²) < 4.78 is 21.6. The lowest BCUT2D eigenvalue weighted by atomic mass is 10.1. The molecule has 0 N–H and O–H groups in total. The molecule has 162 valence electrons. The second-order valence-corrected chi connectivity index (χ2v) is 7.03. The molecule has 1 atom stereocenters. The third kappa shape index (κ3) is 4.83. The summed E-state index contributed by atoms with van der Waals surface area (Å²) in [4.78, 5) is 30.8. The van der Waals surface area contributed by atoms with Gasteiger partial charge in [0.2, 0.25) is 0 Å². The number of esters is 1. The maximum absolute atomic E-state index is 13.0. The molecule has 1 saturated heterocycles. The van der Waals surface area contributed by atoms with Crippen molar-refractivity contribution in [1.29, 1.82) is 0 Å². The average Bonchev–Trinajstić information content (AvgIpc) is 3.27. The number of amides is 1. The summed E-state index contributed by atoms with van der Waals surface area (Å²) in [5, 5.41) is 4.86. The Kier molecular flexibility index (Phi) is 6.42. The number of carbonyl (C=O) groups excluding carboxylic acids is 2. The highest BCUT2D eigenvalue weighted by Crippen LogP contribution is 2.24. The summed E-state index contributed by atoms with van der Waals surface area (Å²) in [6.07, 6.45) is 1.77. The second kappa shape index (κ2) is 9.57. The molecule has 31 heavy (non-hydrogen) atoms. The number of morpholine rings is 1. The Morgan fingerprint density at radius 1 is 1.26 bits per heavy atom. The fourth-order valence-corrected chi connectivity index (χ4v) is 3.47. The van der Waals surface area contributed by atoms with Crippen LogP contribution in [0.15, 0.2) is 47.1 Å². The van der Waals surface area contributed by atoms with Crippen LogP contribution in [0.3, 0.4) is 0 Å². The Morgan fingerprint density at radius 2 is 2.13 bits per heavy atom. The smallest absolute Gasteiger partial charge is 0.307 e. The number of hydrogen-bond acceptors (Lipinski definition) is 8. The quantitative estimate of drug-likeness (QED) is 0.532. The predicted molar refractivity (Wildman–Crippen MR) is 109 cm³/mol. The van der Waals surface area contributed by atoms with Crippen molar-refractivity contribution >= 4 is 22.8 Å². The molecule has 1 fully saturated rings. The average molecular weight is 425 g/mol. The number of aromatic nitrogens is 2. The van der Waals surface area contributed by atoms with Crippen molar-refractivity contribution in [3.05, 3.63) is 54.0 Å². The lowest BCUT2D eigenvalue weighted by Gasteiger charge is -2.34. The van der Waals surface area contributed by atoms with Gasteiger partial charge in [-0.25, -0.2) is 0 Å². The van der Waals surface area contributed by atoms with E-state index in [4.69, 9.17) is 18.7 Å². The molecule has 3 heterocycles. The fraction of sp³-hybridized carbons (Fsp3) is 0.364. The van der Waals surface area contributed by atoms with Gasteiger partial charge < -0.3 is 23.6 Å². The minimum absolute atomic E-state index is 0.0709. The molecule has 1 aromatic carbocycles. The molecule has 1 unspecified atom stereocenters. The number of para-hydroxylation sites is 1. The monoisotopic (exact) mass is 425 g/mol. The molecule has 9 nitrogen and oxygen atoms in total. The molecule has 0 bridgehead atoms. The lowest BCUT2D eigenvalue weighted by molar-refractivity contribution is -0.145. The largest absolute Gasteiger partial charge is 0.483 e. The Bertz CT molecular complexity index is 1060. The zero-order chi connectivity index (χ0) is 21.6. The molecule has 1 aliphatic rings. The van der Waals surface area contributed by atoms with Crippen molar-refractivity contribution in [1.82, 2.24) is 15.0 Å². The Hall–Kier alpha value is -3.46. The van der Waals surface area contributed by atoms with Crippen LogP contribution in [0.2, 0.25) is 0 Å². The molecular weight excluding hydrogens is 402 g/mol. The van der Waals surface area contributed by atoms with Crippen LogP contribution in [0.4, 0.5) is 0 Å². The van der Waals surface area contributed by atoms with E-state index in [1.807, 2.05) is 30.3 Å². The van der Waals surface area contributed by atoms with E-state index in [1.165, 1.54) is 0 Å². The zero-order valence-corrected chi connectivity index (χ0v) is 17.2. The Morgan fingerprint density at radius 3 is 3.00 bits per heavy atom. The normalized spacial score (nSPS) is 16.3. The van der Waals surface area contributed by atoms with Crippen LogP contribution in [-0.2, 0) is 20.9 Å². The van der Waals surface area contributed by atoms with Crippen molar-refractivity contribution < 1.29 is 28.3 Å². The van der Waals surface area contributed by atoms with Crippen molar-refractivity contribution in [2.24, 2.45) is 0 Å². The van der Waals surface area contributed by atoms with Gasteiger partial charge in [-0.3, -0.25) is 14.6 Å². The number of nitrogens with zero attached hydrogens (tertiary/aromatic N) is 3. The third-order valence-corrected chi connectivity index (χ3v) is 4.94. The van der Waals surface area contributed by atoms with Crippen molar-refractivity contribution in [3.63, 3.8) is 0 Å². The molecule has 1 amide bonds. The molecule has 0 spiro atoms. The van der Waals surface area contributed by atoms with Gasteiger partial charge >= 0.3 is 5.97 Å². The van der Waals surface area contributed by atoms with Crippen LogP contribution in [0.5, 0.6) is 5.75 Å². The summed E-state index contributed by atoms with van der Waals surface area (Å²) >= 11 is 0. The highest BCUT2D eigenvalue weighted by molar-refractivity contribution is 5.93. The van der Waals surface area contributed by atoms with Crippen LogP contribution >= 0.6 is 0 Å². The van der Waals surface area contributed by atoms with E-state index < -0.39 is 6.04 Å². The van der Waals surface area contributed by atoms with E-state index >= 15 is 0 Å². The van der Waals surface area contributed by atoms with Crippen molar-refractivity contribution in [3.8, 4) is 5.75 Å². The van der Waals surface area contributed by atoms with Gasteiger partial charge in [-0.1, -0.05) is 23.4 Å². The first-order valence-electron chi connectivity index (χ1n) is 10.1. The summed E-state index contributed by atoms with van der Waals surface area (Å²) in [5.41, 5.74) is 0.904.